The van der Waals surface area contributed by atoms with Gasteiger partial charge in [0.25, 0.3) is 5.91 Å². The van der Waals surface area contributed by atoms with E-state index in [1.165, 1.54) is 0 Å². The number of aliphatic hydroxyl groups excluding tert-OH is 1. The standard InChI is InChI=1S/C20H24N2O3/c1-21(20(24)19(23)16-7-3-2-4-8-16)15-17-9-5-6-10-18(17)22-11-13-25-14-12-22/h2-10,19,23H,11-15H2,1H3. The minimum atomic E-state index is -1.14. The number of morpholine rings is 1. The highest BCUT2D eigenvalue weighted by molar-refractivity contribution is 5.82. The molecule has 0 spiro atoms. The van der Waals surface area contributed by atoms with E-state index < -0.39 is 6.10 Å². The Labute approximate surface area is 148 Å². The Morgan fingerprint density at radius 3 is 2.48 bits per heavy atom. The minimum absolute atomic E-state index is 0.303. The molecular formula is C20H24N2O3. The lowest BCUT2D eigenvalue weighted by molar-refractivity contribution is -0.139. The number of hydrogen-bond donors (Lipinski definition) is 1. The fourth-order valence-electron chi connectivity index (χ4n) is 3.08. The summed E-state index contributed by atoms with van der Waals surface area (Å²) < 4.78 is 5.42. The molecule has 5 heteroatoms. The highest BCUT2D eigenvalue weighted by Gasteiger charge is 2.22. The predicted octanol–water partition coefficient (Wildman–Crippen LogP) is 2.22. The van der Waals surface area contributed by atoms with Crippen LogP contribution in [-0.4, -0.2) is 49.3 Å². The fourth-order valence-corrected chi connectivity index (χ4v) is 3.08. The molecule has 1 fully saturated rings. The number of hydrogen-bond acceptors (Lipinski definition) is 4. The quantitative estimate of drug-likeness (QED) is 0.907. The zero-order valence-electron chi connectivity index (χ0n) is 14.5. The van der Waals surface area contributed by atoms with Crippen molar-refractivity contribution in [3.05, 3.63) is 65.7 Å². The van der Waals surface area contributed by atoms with E-state index in [0.717, 1.165) is 37.6 Å². The maximum absolute atomic E-state index is 12.6. The lowest BCUT2D eigenvalue weighted by Gasteiger charge is -2.31. The number of rotatable bonds is 5. The first-order valence-electron chi connectivity index (χ1n) is 8.55. The van der Waals surface area contributed by atoms with E-state index in [2.05, 4.69) is 11.0 Å². The van der Waals surface area contributed by atoms with Crippen LogP contribution >= 0.6 is 0 Å². The van der Waals surface area contributed by atoms with E-state index >= 15 is 0 Å². The number of ether oxygens (including phenoxy) is 1. The van der Waals surface area contributed by atoms with Crippen molar-refractivity contribution in [2.75, 3.05) is 38.3 Å². The van der Waals surface area contributed by atoms with Gasteiger partial charge in [-0.25, -0.2) is 0 Å². The Morgan fingerprint density at radius 2 is 1.76 bits per heavy atom. The molecule has 2 aromatic carbocycles. The summed E-state index contributed by atoms with van der Waals surface area (Å²) in [7, 11) is 1.73. The molecule has 2 aromatic rings. The number of anilines is 1. The largest absolute Gasteiger partial charge is 0.378 e. The maximum atomic E-state index is 12.6. The predicted molar refractivity (Wildman–Crippen MR) is 97.3 cm³/mol. The number of carbonyl (C=O) groups excluding carboxylic acids is 1. The van der Waals surface area contributed by atoms with E-state index in [1.807, 2.05) is 36.4 Å². The number of amides is 1. The van der Waals surface area contributed by atoms with Crippen LogP contribution in [0.3, 0.4) is 0 Å². The lowest BCUT2D eigenvalue weighted by Crippen LogP contribution is -2.37. The Morgan fingerprint density at radius 1 is 1.12 bits per heavy atom. The molecule has 1 amide bonds. The van der Waals surface area contributed by atoms with E-state index in [9.17, 15) is 9.90 Å². The molecule has 132 valence electrons. The summed E-state index contributed by atoms with van der Waals surface area (Å²) in [5, 5.41) is 10.3. The molecule has 1 atom stereocenters. The van der Waals surface area contributed by atoms with E-state index in [1.54, 1.807) is 24.1 Å². The first-order valence-corrected chi connectivity index (χ1v) is 8.55. The van der Waals surface area contributed by atoms with E-state index in [-0.39, 0.29) is 5.91 Å². The molecule has 0 radical (unpaired) electrons. The normalized spacial score (nSPS) is 15.7. The number of carbonyl (C=O) groups is 1. The highest BCUT2D eigenvalue weighted by Crippen LogP contribution is 2.24. The second-order valence-corrected chi connectivity index (χ2v) is 6.24. The van der Waals surface area contributed by atoms with Crippen LogP contribution in [0.25, 0.3) is 0 Å². The summed E-state index contributed by atoms with van der Waals surface area (Å²) in [6.45, 7) is 3.59. The summed E-state index contributed by atoms with van der Waals surface area (Å²) in [6.07, 6.45) is -1.14. The smallest absolute Gasteiger partial charge is 0.256 e. The molecule has 1 N–H and O–H groups in total. The molecule has 5 nitrogen and oxygen atoms in total. The Kier molecular flexibility index (Phi) is 5.68. The third-order valence-corrected chi connectivity index (χ3v) is 4.48. The van der Waals surface area contributed by atoms with Crippen LogP contribution in [0, 0.1) is 0 Å². The van der Waals surface area contributed by atoms with Crippen LogP contribution in [0.4, 0.5) is 5.69 Å². The molecule has 3 rings (SSSR count). The zero-order valence-corrected chi connectivity index (χ0v) is 14.5. The van der Waals surface area contributed by atoms with Gasteiger partial charge in [0.05, 0.1) is 13.2 Å². The maximum Gasteiger partial charge on any atom is 0.256 e. The second kappa shape index (κ2) is 8.14. The third kappa shape index (κ3) is 4.18. The summed E-state index contributed by atoms with van der Waals surface area (Å²) in [5.74, 6) is -0.303. The van der Waals surface area contributed by atoms with Gasteiger partial charge in [-0.3, -0.25) is 4.79 Å². The van der Waals surface area contributed by atoms with Crippen LogP contribution in [-0.2, 0) is 16.1 Å². The van der Waals surface area contributed by atoms with E-state index in [0.29, 0.717) is 12.1 Å². The van der Waals surface area contributed by atoms with Gasteiger partial charge in [-0.05, 0) is 17.2 Å². The molecule has 25 heavy (non-hydrogen) atoms. The number of aliphatic hydroxyl groups is 1. The van der Waals surface area contributed by atoms with Gasteiger partial charge >= 0.3 is 0 Å². The first kappa shape index (κ1) is 17.5. The van der Waals surface area contributed by atoms with Crippen molar-refractivity contribution in [1.29, 1.82) is 0 Å². The van der Waals surface area contributed by atoms with E-state index in [4.69, 9.17) is 4.74 Å². The average molecular weight is 340 g/mol. The summed E-state index contributed by atoms with van der Waals surface area (Å²) in [5.41, 5.74) is 2.81. The molecule has 0 aliphatic carbocycles. The number of likely N-dealkylation sites (N-methyl/N-ethyl adjacent to an activating group) is 1. The molecular weight excluding hydrogens is 316 g/mol. The van der Waals surface area contributed by atoms with Crippen molar-refractivity contribution < 1.29 is 14.6 Å². The minimum Gasteiger partial charge on any atom is -0.378 e. The summed E-state index contributed by atoms with van der Waals surface area (Å²) in [4.78, 5) is 16.4. The van der Waals surface area contributed by atoms with Crippen LogP contribution < -0.4 is 4.90 Å². The van der Waals surface area contributed by atoms with Gasteiger partial charge in [0.2, 0.25) is 0 Å². The first-order chi connectivity index (χ1) is 12.2. The highest BCUT2D eigenvalue weighted by atomic mass is 16.5. The van der Waals surface area contributed by atoms with Gasteiger partial charge in [0.1, 0.15) is 0 Å². The van der Waals surface area contributed by atoms with Crippen LogP contribution in [0.1, 0.15) is 17.2 Å². The van der Waals surface area contributed by atoms with Gasteiger partial charge in [-0.2, -0.15) is 0 Å². The molecule has 1 unspecified atom stereocenters. The molecule has 0 bridgehead atoms. The third-order valence-electron chi connectivity index (χ3n) is 4.48. The average Bonchev–Trinajstić information content (AvgIpc) is 2.68. The topological polar surface area (TPSA) is 53.0 Å². The lowest BCUT2D eigenvalue weighted by atomic mass is 10.1. The molecule has 1 aliphatic heterocycles. The summed E-state index contributed by atoms with van der Waals surface area (Å²) >= 11 is 0. The van der Waals surface area contributed by atoms with Crippen molar-refractivity contribution in [1.82, 2.24) is 4.90 Å². The molecule has 1 aliphatic rings. The van der Waals surface area contributed by atoms with Gasteiger partial charge in [-0.1, -0.05) is 48.5 Å². The van der Waals surface area contributed by atoms with Crippen molar-refractivity contribution in [3.63, 3.8) is 0 Å². The van der Waals surface area contributed by atoms with Gasteiger partial charge in [-0.15, -0.1) is 0 Å². The zero-order chi connectivity index (χ0) is 17.6. The van der Waals surface area contributed by atoms with Crippen molar-refractivity contribution in [2.24, 2.45) is 0 Å². The van der Waals surface area contributed by atoms with Crippen LogP contribution in [0.15, 0.2) is 54.6 Å². The number of nitrogens with zero attached hydrogens (tertiary/aromatic N) is 2. The molecule has 0 saturated carbocycles. The Bertz CT molecular complexity index is 699. The van der Waals surface area contributed by atoms with Gasteiger partial charge in [0.15, 0.2) is 6.10 Å². The second-order valence-electron chi connectivity index (χ2n) is 6.24. The Hall–Kier alpha value is -2.37. The monoisotopic (exact) mass is 340 g/mol. The van der Waals surface area contributed by atoms with Crippen molar-refractivity contribution in [3.8, 4) is 0 Å². The van der Waals surface area contributed by atoms with Crippen molar-refractivity contribution in [2.45, 2.75) is 12.6 Å². The molecule has 1 saturated heterocycles. The molecule has 1 heterocycles. The van der Waals surface area contributed by atoms with Crippen LogP contribution in [0.2, 0.25) is 0 Å². The SMILES string of the molecule is CN(Cc1ccccc1N1CCOCC1)C(=O)C(O)c1ccccc1. The molecule has 0 aromatic heterocycles. The number of benzene rings is 2. The summed E-state index contributed by atoms with van der Waals surface area (Å²) in [6, 6.07) is 17.1. The van der Waals surface area contributed by atoms with Gasteiger partial charge in [0, 0.05) is 32.4 Å². The fraction of sp³-hybridized carbons (Fsp3) is 0.350. The Balaban J connectivity index is 1.72. The van der Waals surface area contributed by atoms with Gasteiger partial charge < -0.3 is 19.6 Å². The van der Waals surface area contributed by atoms with Crippen molar-refractivity contribution >= 4 is 11.6 Å². The van der Waals surface area contributed by atoms with Crippen LogP contribution in [0.5, 0.6) is 0 Å². The number of para-hydroxylation sites is 1.